The van der Waals surface area contributed by atoms with Crippen LogP contribution in [0.25, 0.3) is 0 Å². The van der Waals surface area contributed by atoms with Gasteiger partial charge in [0.1, 0.15) is 17.7 Å². The molecule has 9 nitrogen and oxygen atoms in total. The largest absolute Gasteiger partial charge is 0.480 e. The van der Waals surface area contributed by atoms with Crippen molar-refractivity contribution in [2.24, 2.45) is 17.8 Å². The predicted octanol–water partition coefficient (Wildman–Crippen LogP) is 2.05. The first kappa shape index (κ1) is 25.7. The molecule has 2 unspecified atom stereocenters. The van der Waals surface area contributed by atoms with Crippen LogP contribution >= 0.6 is 0 Å². The maximum absolute atomic E-state index is 12.6. The molecule has 1 aliphatic rings. The van der Waals surface area contributed by atoms with E-state index in [1.165, 1.54) is 6.92 Å². The van der Waals surface area contributed by atoms with E-state index in [-0.39, 0.29) is 29.6 Å². The Morgan fingerprint density at radius 2 is 1.57 bits per heavy atom. The second-order valence-corrected chi connectivity index (χ2v) is 9.40. The molecular formula is C21H37N3O6. The van der Waals surface area contributed by atoms with E-state index in [0.29, 0.717) is 19.4 Å². The molecule has 1 saturated carbocycles. The Hall–Kier alpha value is -2.32. The van der Waals surface area contributed by atoms with E-state index in [9.17, 15) is 19.2 Å². The standard InChI is InChI=1S/C21H37N3O6/c1-12(2)16(24-20(29)30-21(4,5)6)18(26)22-11-14-7-9-15(10-8-14)17(25)23-13(3)19(27)28/h12-16H,7-11H2,1-6H3,(H,22,26)(H,23,25)(H,24,29)(H,27,28). The van der Waals surface area contributed by atoms with E-state index in [1.54, 1.807) is 20.8 Å². The van der Waals surface area contributed by atoms with Gasteiger partial charge in [0.05, 0.1) is 0 Å². The SMILES string of the molecule is CC(NC(=O)C1CCC(CNC(=O)C(NC(=O)OC(C)(C)C)C(C)C)CC1)C(=O)O. The minimum absolute atomic E-state index is 0.104. The van der Waals surface area contributed by atoms with Crippen LogP contribution in [0.3, 0.4) is 0 Å². The van der Waals surface area contributed by atoms with Gasteiger partial charge in [-0.05, 0) is 65.2 Å². The zero-order valence-electron chi connectivity index (χ0n) is 18.9. The van der Waals surface area contributed by atoms with Crippen molar-refractivity contribution in [3.8, 4) is 0 Å². The fraction of sp³-hybridized carbons (Fsp3) is 0.810. The second-order valence-electron chi connectivity index (χ2n) is 9.40. The van der Waals surface area contributed by atoms with Crippen molar-refractivity contribution in [2.75, 3.05) is 6.54 Å². The molecule has 3 amide bonds. The predicted molar refractivity (Wildman–Crippen MR) is 112 cm³/mol. The normalized spacial score (nSPS) is 21.3. The quantitative estimate of drug-likeness (QED) is 0.468. The molecule has 0 aromatic carbocycles. The highest BCUT2D eigenvalue weighted by atomic mass is 16.6. The van der Waals surface area contributed by atoms with Crippen molar-refractivity contribution in [2.45, 2.75) is 84.9 Å². The van der Waals surface area contributed by atoms with Gasteiger partial charge in [0, 0.05) is 12.5 Å². The minimum Gasteiger partial charge on any atom is -0.480 e. The van der Waals surface area contributed by atoms with Crippen LogP contribution in [0.5, 0.6) is 0 Å². The Bertz CT molecular complexity index is 621. The van der Waals surface area contributed by atoms with Crippen LogP contribution in [0.2, 0.25) is 0 Å². The molecule has 0 aromatic heterocycles. The number of carbonyl (C=O) groups excluding carboxylic acids is 3. The van der Waals surface area contributed by atoms with Crippen molar-refractivity contribution in [1.29, 1.82) is 0 Å². The molecule has 1 fully saturated rings. The van der Waals surface area contributed by atoms with Gasteiger partial charge in [-0.3, -0.25) is 14.4 Å². The first-order valence-corrected chi connectivity index (χ1v) is 10.6. The van der Waals surface area contributed by atoms with E-state index in [0.717, 1.165) is 12.8 Å². The van der Waals surface area contributed by atoms with E-state index in [1.807, 2.05) is 13.8 Å². The van der Waals surface area contributed by atoms with Crippen LogP contribution in [0.1, 0.15) is 67.2 Å². The molecule has 30 heavy (non-hydrogen) atoms. The smallest absolute Gasteiger partial charge is 0.408 e. The van der Waals surface area contributed by atoms with E-state index in [2.05, 4.69) is 16.0 Å². The minimum atomic E-state index is -1.06. The summed E-state index contributed by atoms with van der Waals surface area (Å²) in [7, 11) is 0. The van der Waals surface area contributed by atoms with Crippen molar-refractivity contribution in [3.63, 3.8) is 0 Å². The third-order valence-corrected chi connectivity index (χ3v) is 5.13. The summed E-state index contributed by atoms with van der Waals surface area (Å²) in [5.41, 5.74) is -0.644. The summed E-state index contributed by atoms with van der Waals surface area (Å²) in [5.74, 6) is -1.60. The fourth-order valence-electron chi connectivity index (χ4n) is 3.35. The number of carboxylic acid groups (broad SMARTS) is 1. The van der Waals surface area contributed by atoms with Gasteiger partial charge in [-0.15, -0.1) is 0 Å². The topological polar surface area (TPSA) is 134 Å². The van der Waals surface area contributed by atoms with E-state index in [4.69, 9.17) is 9.84 Å². The second kappa shape index (κ2) is 11.2. The molecule has 172 valence electrons. The highest BCUT2D eigenvalue weighted by Crippen LogP contribution is 2.28. The molecule has 9 heteroatoms. The summed E-state index contributed by atoms with van der Waals surface area (Å²) in [4.78, 5) is 47.6. The summed E-state index contributed by atoms with van der Waals surface area (Å²) < 4.78 is 5.23. The van der Waals surface area contributed by atoms with E-state index < -0.39 is 29.7 Å². The Balaban J connectivity index is 2.46. The average Bonchev–Trinajstić information content (AvgIpc) is 2.62. The Labute approximate surface area is 178 Å². The monoisotopic (exact) mass is 427 g/mol. The van der Waals surface area contributed by atoms with Crippen LogP contribution < -0.4 is 16.0 Å². The van der Waals surface area contributed by atoms with Crippen molar-refractivity contribution >= 4 is 23.9 Å². The number of carboxylic acids is 1. The maximum Gasteiger partial charge on any atom is 0.408 e. The molecule has 0 aliphatic heterocycles. The average molecular weight is 428 g/mol. The molecular weight excluding hydrogens is 390 g/mol. The van der Waals surface area contributed by atoms with Gasteiger partial charge in [0.15, 0.2) is 0 Å². The fourth-order valence-corrected chi connectivity index (χ4v) is 3.35. The van der Waals surface area contributed by atoms with Gasteiger partial charge >= 0.3 is 12.1 Å². The summed E-state index contributed by atoms with van der Waals surface area (Å²) in [5, 5.41) is 17.0. The summed E-state index contributed by atoms with van der Waals surface area (Å²) >= 11 is 0. The van der Waals surface area contributed by atoms with Crippen molar-refractivity contribution in [3.05, 3.63) is 0 Å². The zero-order valence-corrected chi connectivity index (χ0v) is 18.9. The molecule has 0 heterocycles. The van der Waals surface area contributed by atoms with Crippen LogP contribution in [0.4, 0.5) is 4.79 Å². The first-order chi connectivity index (χ1) is 13.8. The van der Waals surface area contributed by atoms with Crippen LogP contribution in [-0.4, -0.2) is 53.2 Å². The highest BCUT2D eigenvalue weighted by Gasteiger charge is 2.30. The van der Waals surface area contributed by atoms with Crippen molar-refractivity contribution in [1.82, 2.24) is 16.0 Å². The van der Waals surface area contributed by atoms with Gasteiger partial charge < -0.3 is 25.8 Å². The van der Waals surface area contributed by atoms with Gasteiger partial charge in [-0.2, -0.15) is 0 Å². The lowest BCUT2D eigenvalue weighted by atomic mass is 9.81. The third kappa shape index (κ3) is 9.00. The van der Waals surface area contributed by atoms with Crippen LogP contribution in [-0.2, 0) is 19.1 Å². The molecule has 0 spiro atoms. The number of carbonyl (C=O) groups is 4. The van der Waals surface area contributed by atoms with Gasteiger partial charge in [-0.1, -0.05) is 13.8 Å². The molecule has 0 saturated heterocycles. The van der Waals surface area contributed by atoms with Gasteiger partial charge in [0.25, 0.3) is 0 Å². The number of hydrogen-bond donors (Lipinski definition) is 4. The lowest BCUT2D eigenvalue weighted by Gasteiger charge is -2.29. The number of nitrogens with one attached hydrogen (secondary N) is 3. The molecule has 2 atom stereocenters. The number of alkyl carbamates (subject to hydrolysis) is 1. The van der Waals surface area contributed by atoms with Crippen molar-refractivity contribution < 1.29 is 29.0 Å². The molecule has 4 N–H and O–H groups in total. The molecule has 0 radical (unpaired) electrons. The summed E-state index contributed by atoms with van der Waals surface area (Å²) in [6.07, 6.45) is 2.22. The molecule has 0 aromatic rings. The number of ether oxygens (including phenoxy) is 1. The third-order valence-electron chi connectivity index (χ3n) is 5.13. The number of aliphatic carboxylic acids is 1. The van der Waals surface area contributed by atoms with Crippen LogP contribution in [0.15, 0.2) is 0 Å². The summed E-state index contributed by atoms with van der Waals surface area (Å²) in [6.45, 7) is 10.9. The molecule has 0 bridgehead atoms. The Morgan fingerprint density at radius 1 is 1.00 bits per heavy atom. The number of amides is 3. The molecule has 1 aliphatic carbocycles. The Kier molecular flexibility index (Phi) is 9.58. The first-order valence-electron chi connectivity index (χ1n) is 10.6. The lowest BCUT2D eigenvalue weighted by Crippen LogP contribution is -2.51. The zero-order chi connectivity index (χ0) is 23.1. The Morgan fingerprint density at radius 3 is 2.03 bits per heavy atom. The van der Waals surface area contributed by atoms with Crippen LogP contribution in [0, 0.1) is 17.8 Å². The lowest BCUT2D eigenvalue weighted by molar-refractivity contribution is -0.142. The van der Waals surface area contributed by atoms with Gasteiger partial charge in [-0.25, -0.2) is 4.79 Å². The summed E-state index contributed by atoms with van der Waals surface area (Å²) in [6, 6.07) is -1.60. The van der Waals surface area contributed by atoms with Gasteiger partial charge in [0.2, 0.25) is 11.8 Å². The molecule has 1 rings (SSSR count). The maximum atomic E-state index is 12.6. The van der Waals surface area contributed by atoms with E-state index >= 15 is 0 Å². The number of rotatable bonds is 8. The highest BCUT2D eigenvalue weighted by molar-refractivity contribution is 5.86. The number of hydrogen-bond acceptors (Lipinski definition) is 5.